The number of allylic oxidation sites excluding steroid dienone is 2. The average molecular weight is 551 g/mol. The molecule has 1 aliphatic rings. The number of benzene rings is 2. The SMILES string of the molecule is COC1=C(OC)C(=O)C(CCCCCCCCCCOC(=O)C(C)c2ccc3cc(OC)ccc3c2)=C(C)C1=O. The number of fused-ring (bicyclic) bond motifs is 1. The minimum absolute atomic E-state index is 0.00306. The lowest BCUT2D eigenvalue weighted by Crippen LogP contribution is -2.25. The molecule has 0 bridgehead atoms. The molecule has 0 spiro atoms. The highest BCUT2D eigenvalue weighted by Gasteiger charge is 2.34. The second-order valence-corrected chi connectivity index (χ2v) is 10.3. The summed E-state index contributed by atoms with van der Waals surface area (Å²) in [5.41, 5.74) is 1.94. The summed E-state index contributed by atoms with van der Waals surface area (Å²) in [6.07, 6.45) is 8.72. The predicted molar refractivity (Wildman–Crippen MR) is 155 cm³/mol. The Kier molecular flexibility index (Phi) is 11.8. The number of carbonyl (C=O) groups is 3. The first-order valence-electron chi connectivity index (χ1n) is 14.2. The van der Waals surface area contributed by atoms with Gasteiger partial charge in [0.15, 0.2) is 0 Å². The molecule has 2 aromatic carbocycles. The lowest BCUT2D eigenvalue weighted by Gasteiger charge is -2.20. The van der Waals surface area contributed by atoms with Crippen LogP contribution in [0.5, 0.6) is 5.75 Å². The number of ether oxygens (including phenoxy) is 4. The van der Waals surface area contributed by atoms with Crippen LogP contribution < -0.4 is 4.74 Å². The molecule has 216 valence electrons. The zero-order valence-corrected chi connectivity index (χ0v) is 24.5. The first-order valence-corrected chi connectivity index (χ1v) is 14.2. The summed E-state index contributed by atoms with van der Waals surface area (Å²) in [5, 5.41) is 2.15. The molecular formula is C33H42O7. The number of methoxy groups -OCH3 is 3. The van der Waals surface area contributed by atoms with Crippen LogP contribution in [0.2, 0.25) is 0 Å². The van der Waals surface area contributed by atoms with E-state index in [9.17, 15) is 14.4 Å². The third-order valence-electron chi connectivity index (χ3n) is 7.58. The van der Waals surface area contributed by atoms with Crippen molar-refractivity contribution in [2.45, 2.75) is 77.6 Å². The van der Waals surface area contributed by atoms with Crippen molar-refractivity contribution < 1.29 is 33.3 Å². The van der Waals surface area contributed by atoms with Gasteiger partial charge in [-0.2, -0.15) is 0 Å². The fourth-order valence-corrected chi connectivity index (χ4v) is 5.03. The number of Topliss-reactive ketones (excluding diaryl/α,β-unsaturated/α-hetero) is 2. The van der Waals surface area contributed by atoms with Crippen molar-refractivity contribution in [3.63, 3.8) is 0 Å². The fraction of sp³-hybridized carbons (Fsp3) is 0.485. The molecule has 0 N–H and O–H groups in total. The van der Waals surface area contributed by atoms with E-state index < -0.39 is 0 Å². The smallest absolute Gasteiger partial charge is 0.313 e. The Balaban J connectivity index is 1.27. The van der Waals surface area contributed by atoms with Crippen LogP contribution in [0.3, 0.4) is 0 Å². The Labute approximate surface area is 237 Å². The standard InChI is InChI=1S/C33H42O7/c1-22(24-15-16-26-21-27(37-3)18-17-25(26)20-24)33(36)40-19-13-11-9-7-6-8-10-12-14-28-23(2)29(34)31(38-4)32(39-5)30(28)35/h15-18,20-22H,6-14,19H2,1-5H3. The number of ketones is 2. The lowest BCUT2D eigenvalue weighted by atomic mass is 9.89. The van der Waals surface area contributed by atoms with E-state index >= 15 is 0 Å². The predicted octanol–water partition coefficient (Wildman–Crippen LogP) is 6.98. The lowest BCUT2D eigenvalue weighted by molar-refractivity contribution is -0.145. The molecule has 7 nitrogen and oxygen atoms in total. The fourth-order valence-electron chi connectivity index (χ4n) is 5.03. The van der Waals surface area contributed by atoms with Crippen molar-refractivity contribution in [1.82, 2.24) is 0 Å². The van der Waals surface area contributed by atoms with E-state index in [-0.39, 0.29) is 35.0 Å². The molecule has 3 rings (SSSR count). The van der Waals surface area contributed by atoms with E-state index in [1.54, 1.807) is 14.0 Å². The van der Waals surface area contributed by atoms with Crippen LogP contribution in [0, 0.1) is 0 Å². The Morgan fingerprint density at radius 3 is 1.95 bits per heavy atom. The minimum atomic E-state index is -0.313. The van der Waals surface area contributed by atoms with E-state index in [4.69, 9.17) is 18.9 Å². The molecule has 7 heteroatoms. The van der Waals surface area contributed by atoms with Crippen LogP contribution in [-0.4, -0.2) is 45.5 Å². The first-order chi connectivity index (χ1) is 19.3. The van der Waals surface area contributed by atoms with Crippen LogP contribution in [0.4, 0.5) is 0 Å². The molecule has 0 fully saturated rings. The summed E-state index contributed by atoms with van der Waals surface area (Å²) in [6, 6.07) is 11.9. The van der Waals surface area contributed by atoms with Gasteiger partial charge in [0, 0.05) is 11.1 Å². The van der Waals surface area contributed by atoms with Gasteiger partial charge in [-0.05, 0) is 61.6 Å². The Bertz CT molecular complexity index is 1270. The Morgan fingerprint density at radius 2 is 1.30 bits per heavy atom. The Hall–Kier alpha value is -3.61. The number of carbonyl (C=O) groups excluding carboxylic acids is 3. The summed E-state index contributed by atoms with van der Waals surface area (Å²) in [4.78, 5) is 37.7. The van der Waals surface area contributed by atoms with Gasteiger partial charge >= 0.3 is 5.97 Å². The highest BCUT2D eigenvalue weighted by molar-refractivity contribution is 6.23. The summed E-state index contributed by atoms with van der Waals surface area (Å²) in [6.45, 7) is 4.01. The van der Waals surface area contributed by atoms with Gasteiger partial charge in [-0.1, -0.05) is 62.8 Å². The average Bonchev–Trinajstić information content (AvgIpc) is 2.97. The van der Waals surface area contributed by atoms with Gasteiger partial charge in [-0.15, -0.1) is 0 Å². The summed E-state index contributed by atoms with van der Waals surface area (Å²) < 4.78 is 21.0. The number of unbranched alkanes of at least 4 members (excludes halogenated alkanes) is 7. The van der Waals surface area contributed by atoms with Gasteiger partial charge in [0.05, 0.1) is 33.9 Å². The summed E-state index contributed by atoms with van der Waals surface area (Å²) in [7, 11) is 4.40. The van der Waals surface area contributed by atoms with Crippen LogP contribution in [-0.2, 0) is 28.6 Å². The molecule has 0 heterocycles. The van der Waals surface area contributed by atoms with Crippen molar-refractivity contribution in [3.8, 4) is 5.75 Å². The van der Waals surface area contributed by atoms with Crippen molar-refractivity contribution in [3.05, 3.63) is 64.6 Å². The third kappa shape index (κ3) is 7.74. The molecular weight excluding hydrogens is 508 g/mol. The highest BCUT2D eigenvalue weighted by Crippen LogP contribution is 2.29. The maximum Gasteiger partial charge on any atom is 0.313 e. The van der Waals surface area contributed by atoms with E-state index in [1.807, 2.05) is 43.3 Å². The molecule has 40 heavy (non-hydrogen) atoms. The number of esters is 1. The van der Waals surface area contributed by atoms with Gasteiger partial charge in [0.1, 0.15) is 5.75 Å². The maximum absolute atomic E-state index is 12.7. The van der Waals surface area contributed by atoms with Gasteiger partial charge in [0.2, 0.25) is 23.1 Å². The molecule has 1 atom stereocenters. The van der Waals surface area contributed by atoms with E-state index in [1.165, 1.54) is 14.2 Å². The highest BCUT2D eigenvalue weighted by atomic mass is 16.5. The van der Waals surface area contributed by atoms with Crippen molar-refractivity contribution in [1.29, 1.82) is 0 Å². The first kappa shape index (κ1) is 30.9. The maximum atomic E-state index is 12.7. The van der Waals surface area contributed by atoms with Crippen molar-refractivity contribution in [2.75, 3.05) is 27.9 Å². The second-order valence-electron chi connectivity index (χ2n) is 10.3. The number of hydrogen-bond donors (Lipinski definition) is 0. The van der Waals surface area contributed by atoms with Gasteiger partial charge < -0.3 is 18.9 Å². The monoisotopic (exact) mass is 550 g/mol. The number of rotatable bonds is 16. The summed E-state index contributed by atoms with van der Waals surface area (Å²) >= 11 is 0. The summed E-state index contributed by atoms with van der Waals surface area (Å²) in [5.74, 6) is -0.218. The zero-order chi connectivity index (χ0) is 29.1. The van der Waals surface area contributed by atoms with Gasteiger partial charge in [-0.25, -0.2) is 0 Å². The molecule has 1 unspecified atom stereocenters. The number of hydrogen-bond acceptors (Lipinski definition) is 7. The third-order valence-corrected chi connectivity index (χ3v) is 7.58. The quantitative estimate of drug-likeness (QED) is 0.127. The Morgan fingerprint density at radius 1 is 0.725 bits per heavy atom. The molecule has 0 aliphatic heterocycles. The van der Waals surface area contributed by atoms with E-state index in [0.717, 1.165) is 73.5 Å². The van der Waals surface area contributed by atoms with E-state index in [0.29, 0.717) is 24.2 Å². The van der Waals surface area contributed by atoms with Crippen molar-refractivity contribution in [2.24, 2.45) is 0 Å². The molecule has 0 aromatic heterocycles. The molecule has 0 saturated heterocycles. The molecule has 0 amide bonds. The van der Waals surface area contributed by atoms with Gasteiger partial charge in [0.25, 0.3) is 0 Å². The normalized spacial score (nSPS) is 14.5. The molecule has 1 aliphatic carbocycles. The molecule has 0 saturated carbocycles. The molecule has 2 aromatic rings. The van der Waals surface area contributed by atoms with E-state index in [2.05, 4.69) is 0 Å². The van der Waals surface area contributed by atoms with Crippen LogP contribution in [0.15, 0.2) is 59.1 Å². The topological polar surface area (TPSA) is 88.1 Å². The van der Waals surface area contributed by atoms with Crippen LogP contribution in [0.1, 0.15) is 83.1 Å². The van der Waals surface area contributed by atoms with Crippen LogP contribution in [0.25, 0.3) is 10.8 Å². The minimum Gasteiger partial charge on any atom is -0.497 e. The van der Waals surface area contributed by atoms with Crippen LogP contribution >= 0.6 is 0 Å². The second kappa shape index (κ2) is 15.2. The largest absolute Gasteiger partial charge is 0.497 e. The zero-order valence-electron chi connectivity index (χ0n) is 24.5. The van der Waals surface area contributed by atoms with Crippen molar-refractivity contribution >= 4 is 28.3 Å². The molecule has 0 radical (unpaired) electrons. The van der Waals surface area contributed by atoms with Gasteiger partial charge in [-0.3, -0.25) is 14.4 Å².